The second-order valence-corrected chi connectivity index (χ2v) is 13.0. The zero-order valence-electron chi connectivity index (χ0n) is 27.9. The molecule has 240 valence electrons. The van der Waals surface area contributed by atoms with E-state index in [0.29, 0.717) is 0 Å². The number of benzene rings is 8. The quantitative estimate of drug-likeness (QED) is 0.174. The molecule has 2 heterocycles. The van der Waals surface area contributed by atoms with Crippen LogP contribution in [0.2, 0.25) is 0 Å². The molecule has 3 heteroatoms. The predicted octanol–water partition coefficient (Wildman–Crippen LogP) is 13.0. The van der Waals surface area contributed by atoms with Crippen molar-refractivity contribution in [2.45, 2.75) is 0 Å². The normalized spacial score (nSPS) is 11.5. The minimum absolute atomic E-state index is 1.12. The Morgan fingerprint density at radius 1 is 0.294 bits per heavy atom. The lowest BCUT2D eigenvalue weighted by molar-refractivity contribution is 1.17. The first-order chi connectivity index (χ1) is 25.3. The van der Waals surface area contributed by atoms with Gasteiger partial charge in [-0.3, -0.25) is 0 Å². The van der Waals surface area contributed by atoms with Crippen LogP contribution in [-0.2, 0) is 0 Å². The van der Waals surface area contributed by atoms with E-state index in [9.17, 15) is 0 Å². The molecule has 0 unspecified atom stereocenters. The maximum absolute atomic E-state index is 2.44. The molecule has 10 aromatic rings. The summed E-state index contributed by atoms with van der Waals surface area (Å²) in [6, 6.07) is 71.9. The highest BCUT2D eigenvalue weighted by Gasteiger charge is 2.20. The van der Waals surface area contributed by atoms with Gasteiger partial charge in [0.2, 0.25) is 0 Å². The van der Waals surface area contributed by atoms with Crippen LogP contribution in [0.25, 0.3) is 66.1 Å². The summed E-state index contributed by atoms with van der Waals surface area (Å²) < 4.78 is 4.86. The zero-order valence-corrected chi connectivity index (χ0v) is 27.9. The molecule has 8 aromatic carbocycles. The lowest BCUT2D eigenvalue weighted by atomic mass is 10.0. The number of hydrogen-bond acceptors (Lipinski definition) is 1. The van der Waals surface area contributed by atoms with Crippen molar-refractivity contribution in [1.29, 1.82) is 0 Å². The van der Waals surface area contributed by atoms with Crippen LogP contribution in [0.3, 0.4) is 0 Å². The summed E-state index contributed by atoms with van der Waals surface area (Å²) in [6.07, 6.45) is 0. The molecular formula is C48H33N3. The van der Waals surface area contributed by atoms with Crippen molar-refractivity contribution < 1.29 is 0 Å². The van der Waals surface area contributed by atoms with E-state index >= 15 is 0 Å². The summed E-state index contributed by atoms with van der Waals surface area (Å²) in [5.41, 5.74) is 12.9. The van der Waals surface area contributed by atoms with Gasteiger partial charge in [-0.05, 0) is 90.0 Å². The maximum atomic E-state index is 2.44. The van der Waals surface area contributed by atoms with Gasteiger partial charge < -0.3 is 14.0 Å². The molecule has 0 saturated heterocycles. The van der Waals surface area contributed by atoms with Crippen molar-refractivity contribution in [3.63, 3.8) is 0 Å². The van der Waals surface area contributed by atoms with Gasteiger partial charge in [0.25, 0.3) is 0 Å². The molecule has 0 N–H and O–H groups in total. The Hall–Kier alpha value is -6.84. The van der Waals surface area contributed by atoms with Crippen molar-refractivity contribution >= 4 is 60.7 Å². The van der Waals surface area contributed by atoms with E-state index in [0.717, 1.165) is 22.7 Å². The molecule has 0 bridgehead atoms. The van der Waals surface area contributed by atoms with Gasteiger partial charge in [0.1, 0.15) is 0 Å². The smallest absolute Gasteiger partial charge is 0.0641 e. The molecule has 0 amide bonds. The Labute approximate surface area is 296 Å². The fraction of sp³-hybridized carbons (Fsp3) is 0. The van der Waals surface area contributed by atoms with E-state index in [2.05, 4.69) is 214 Å². The van der Waals surface area contributed by atoms with Gasteiger partial charge >= 0.3 is 0 Å². The van der Waals surface area contributed by atoms with Crippen LogP contribution in [0.4, 0.5) is 17.1 Å². The number of rotatable bonds is 6. The Balaban J connectivity index is 1.09. The van der Waals surface area contributed by atoms with Gasteiger partial charge in [-0.2, -0.15) is 0 Å². The van der Waals surface area contributed by atoms with Gasteiger partial charge in [0.05, 0.1) is 22.1 Å². The van der Waals surface area contributed by atoms with E-state index in [1.807, 2.05) is 0 Å². The Morgan fingerprint density at radius 3 is 1.39 bits per heavy atom. The first-order valence-corrected chi connectivity index (χ1v) is 17.5. The van der Waals surface area contributed by atoms with Crippen LogP contribution in [0.1, 0.15) is 0 Å². The highest BCUT2D eigenvalue weighted by atomic mass is 15.1. The Morgan fingerprint density at radius 2 is 0.765 bits per heavy atom. The third-order valence-electron chi connectivity index (χ3n) is 10.1. The third-order valence-corrected chi connectivity index (χ3v) is 10.1. The minimum atomic E-state index is 1.12. The van der Waals surface area contributed by atoms with Crippen molar-refractivity contribution in [3.8, 4) is 22.5 Å². The van der Waals surface area contributed by atoms with Gasteiger partial charge in [-0.1, -0.05) is 121 Å². The lowest BCUT2D eigenvalue weighted by Crippen LogP contribution is -2.09. The highest BCUT2D eigenvalue weighted by molar-refractivity contribution is 6.26. The summed E-state index contributed by atoms with van der Waals surface area (Å²) in [7, 11) is 0. The molecular weight excluding hydrogens is 619 g/mol. The standard InChI is InChI=1S/C48H33N3/c1-4-14-36(15-5-1)49(37-16-6-2-7-17-37)39-28-24-34(25-29-39)35-26-30-40(31-27-35)50-45-23-13-11-21-43(45)47-46(50)33-32-42-41-20-10-12-22-44(41)51(48(42)47)38-18-8-3-9-19-38/h1-33H. The number of nitrogens with zero attached hydrogens (tertiary/aromatic N) is 3. The second-order valence-electron chi connectivity index (χ2n) is 13.0. The topological polar surface area (TPSA) is 13.1 Å². The summed E-state index contributed by atoms with van der Waals surface area (Å²) in [4.78, 5) is 2.29. The summed E-state index contributed by atoms with van der Waals surface area (Å²) >= 11 is 0. The zero-order chi connectivity index (χ0) is 33.7. The van der Waals surface area contributed by atoms with Gasteiger partial charge in [-0.25, -0.2) is 0 Å². The molecule has 0 radical (unpaired) electrons. The largest absolute Gasteiger partial charge is 0.311 e. The van der Waals surface area contributed by atoms with Crippen LogP contribution in [0.15, 0.2) is 200 Å². The van der Waals surface area contributed by atoms with Gasteiger partial charge in [0.15, 0.2) is 0 Å². The summed E-state index contributed by atoms with van der Waals surface area (Å²) in [5.74, 6) is 0. The third kappa shape index (κ3) is 4.74. The van der Waals surface area contributed by atoms with Crippen LogP contribution in [-0.4, -0.2) is 9.13 Å². The van der Waals surface area contributed by atoms with E-state index in [1.165, 1.54) is 60.4 Å². The van der Waals surface area contributed by atoms with Crippen LogP contribution in [0, 0.1) is 0 Å². The molecule has 0 aliphatic rings. The SMILES string of the molecule is c1ccc(N(c2ccccc2)c2ccc(-c3ccc(-n4c5ccccc5c5c4ccc4c6ccccc6n(-c6ccccc6)c45)cc3)cc2)cc1. The molecule has 2 aromatic heterocycles. The highest BCUT2D eigenvalue weighted by Crippen LogP contribution is 2.42. The molecule has 10 rings (SSSR count). The molecule has 0 spiro atoms. The molecule has 0 atom stereocenters. The van der Waals surface area contributed by atoms with Gasteiger partial charge in [-0.15, -0.1) is 0 Å². The predicted molar refractivity (Wildman–Crippen MR) is 215 cm³/mol. The number of aromatic nitrogens is 2. The molecule has 3 nitrogen and oxygen atoms in total. The minimum Gasteiger partial charge on any atom is -0.311 e. The van der Waals surface area contributed by atoms with Crippen molar-refractivity contribution in [1.82, 2.24) is 9.13 Å². The number of fused-ring (bicyclic) bond motifs is 7. The maximum Gasteiger partial charge on any atom is 0.0641 e. The molecule has 0 aliphatic carbocycles. The summed E-state index contributed by atoms with van der Waals surface area (Å²) in [6.45, 7) is 0. The second kappa shape index (κ2) is 11.9. The van der Waals surface area contributed by atoms with Gasteiger partial charge in [0, 0.05) is 50.0 Å². The van der Waals surface area contributed by atoms with Crippen molar-refractivity contribution in [2.24, 2.45) is 0 Å². The van der Waals surface area contributed by atoms with E-state index in [4.69, 9.17) is 0 Å². The molecule has 0 aliphatic heterocycles. The lowest BCUT2D eigenvalue weighted by Gasteiger charge is -2.25. The number of hydrogen-bond donors (Lipinski definition) is 0. The van der Waals surface area contributed by atoms with Crippen LogP contribution >= 0.6 is 0 Å². The molecule has 0 saturated carbocycles. The fourth-order valence-corrected chi connectivity index (χ4v) is 7.84. The Kier molecular flexibility index (Phi) is 6.81. The monoisotopic (exact) mass is 651 g/mol. The average Bonchev–Trinajstić information content (AvgIpc) is 3.73. The number of anilines is 3. The van der Waals surface area contributed by atoms with E-state index in [1.54, 1.807) is 0 Å². The van der Waals surface area contributed by atoms with Crippen LogP contribution < -0.4 is 4.90 Å². The average molecular weight is 652 g/mol. The van der Waals surface area contributed by atoms with Crippen molar-refractivity contribution in [3.05, 3.63) is 200 Å². The first-order valence-electron chi connectivity index (χ1n) is 17.5. The van der Waals surface area contributed by atoms with E-state index < -0.39 is 0 Å². The van der Waals surface area contributed by atoms with E-state index in [-0.39, 0.29) is 0 Å². The Bertz CT molecular complexity index is 2770. The fourth-order valence-electron chi connectivity index (χ4n) is 7.84. The first kappa shape index (κ1) is 29.1. The molecule has 51 heavy (non-hydrogen) atoms. The van der Waals surface area contributed by atoms with Crippen LogP contribution in [0.5, 0.6) is 0 Å². The molecule has 0 fully saturated rings. The van der Waals surface area contributed by atoms with Crippen molar-refractivity contribution in [2.75, 3.05) is 4.90 Å². The number of para-hydroxylation sites is 5. The summed E-state index contributed by atoms with van der Waals surface area (Å²) in [5, 5.41) is 5.05.